The number of nitrogens with zero attached hydrogens (tertiary/aromatic N) is 4. The van der Waals surface area contributed by atoms with Gasteiger partial charge in [0, 0.05) is 11.4 Å². The molecule has 4 heterocycles. The zero-order valence-corrected chi connectivity index (χ0v) is 46.2. The highest BCUT2D eigenvalue weighted by atomic mass is 32.2. The van der Waals surface area contributed by atoms with Gasteiger partial charge in [-0.25, -0.2) is 9.78 Å². The monoisotopic (exact) mass is 1120 g/mol. The Labute approximate surface area is 476 Å². The number of anilines is 1. The van der Waals surface area contributed by atoms with Crippen molar-refractivity contribution in [2.45, 2.75) is 48.8 Å². The number of rotatable bonds is 24. The van der Waals surface area contributed by atoms with Crippen molar-refractivity contribution in [1.29, 1.82) is 0 Å². The number of thioether (sulfide) groups is 1. The molecule has 2 aliphatic rings. The summed E-state index contributed by atoms with van der Waals surface area (Å²) in [6.07, 6.45) is 3.10. The molecule has 2 aromatic heterocycles. The van der Waals surface area contributed by atoms with Crippen LogP contribution in [0.5, 0.6) is 28.7 Å². The number of benzene rings is 6. The first kappa shape index (κ1) is 55.2. The Kier molecular flexibility index (Phi) is 17.5. The number of carbonyl (C=O) groups is 3. The molecule has 1 saturated heterocycles. The van der Waals surface area contributed by atoms with Crippen LogP contribution in [0, 0.1) is 0 Å². The molecular formula is C62H56N6O11S2. The van der Waals surface area contributed by atoms with E-state index in [1.165, 1.54) is 41.2 Å². The van der Waals surface area contributed by atoms with Gasteiger partial charge in [-0.15, -0.1) is 11.3 Å². The van der Waals surface area contributed by atoms with Crippen LogP contribution in [0.2, 0.25) is 0 Å². The first-order chi connectivity index (χ1) is 39.7. The molecule has 3 atom stereocenters. The topological polar surface area (TPSA) is 190 Å². The van der Waals surface area contributed by atoms with Crippen LogP contribution >= 0.6 is 23.1 Å². The third-order valence-electron chi connectivity index (χ3n) is 13.3. The van der Waals surface area contributed by atoms with Crippen molar-refractivity contribution < 1.29 is 52.4 Å². The Bertz CT molecular complexity index is 3400. The molecule has 81 heavy (non-hydrogen) atoms. The molecule has 10 rings (SSSR count). The molecule has 0 saturated carbocycles. The molecule has 1 unspecified atom stereocenters. The van der Waals surface area contributed by atoms with E-state index in [4.69, 9.17) is 43.0 Å². The molecule has 412 valence electrons. The highest BCUT2D eigenvalue weighted by Gasteiger charge is 2.55. The van der Waals surface area contributed by atoms with Crippen LogP contribution in [0.1, 0.15) is 44.8 Å². The smallest absolute Gasteiger partial charge is 0.355 e. The van der Waals surface area contributed by atoms with Gasteiger partial charge in [0.15, 0.2) is 22.3 Å². The predicted molar refractivity (Wildman–Crippen MR) is 307 cm³/mol. The molecule has 0 bridgehead atoms. The van der Waals surface area contributed by atoms with E-state index < -0.39 is 40.2 Å². The molecule has 2 amide bonds. The maximum absolute atomic E-state index is 14.5. The normalized spacial score (nSPS) is 15.7. The van der Waals surface area contributed by atoms with E-state index in [1.54, 1.807) is 63.2 Å². The summed E-state index contributed by atoms with van der Waals surface area (Å²) in [6, 6.07) is 52.9. The van der Waals surface area contributed by atoms with Crippen LogP contribution in [0.25, 0.3) is 0 Å². The number of amides is 2. The number of ether oxygens (including phenoxy) is 7. The van der Waals surface area contributed by atoms with E-state index in [1.807, 2.05) is 103 Å². The van der Waals surface area contributed by atoms with E-state index in [2.05, 4.69) is 57.2 Å². The van der Waals surface area contributed by atoms with Gasteiger partial charge in [0.25, 0.3) is 11.8 Å². The number of fused-ring (bicyclic) bond motifs is 1. The first-order valence-corrected chi connectivity index (χ1v) is 27.4. The number of pyridine rings is 1. The third kappa shape index (κ3) is 12.7. The van der Waals surface area contributed by atoms with Crippen LogP contribution in [-0.4, -0.2) is 83.7 Å². The lowest BCUT2D eigenvalue weighted by molar-refractivity contribution is -0.153. The van der Waals surface area contributed by atoms with E-state index in [0.717, 1.165) is 33.6 Å². The van der Waals surface area contributed by atoms with E-state index in [-0.39, 0.29) is 43.5 Å². The zero-order valence-electron chi connectivity index (χ0n) is 44.6. The molecule has 6 aromatic carbocycles. The van der Waals surface area contributed by atoms with Crippen molar-refractivity contribution in [3.8, 4) is 28.7 Å². The average Bonchev–Trinajstić information content (AvgIpc) is 3.98. The van der Waals surface area contributed by atoms with Gasteiger partial charge < -0.3 is 48.6 Å². The van der Waals surface area contributed by atoms with Crippen LogP contribution in [0.15, 0.2) is 198 Å². The molecule has 2 aliphatic heterocycles. The molecule has 19 heteroatoms. The second-order valence-electron chi connectivity index (χ2n) is 18.4. The average molecular weight is 1130 g/mol. The number of esters is 1. The molecule has 8 aromatic rings. The lowest BCUT2D eigenvalue weighted by Gasteiger charge is -2.49. The van der Waals surface area contributed by atoms with Crippen LogP contribution < -0.4 is 34.3 Å². The number of aromatic nitrogens is 2. The van der Waals surface area contributed by atoms with Gasteiger partial charge >= 0.3 is 5.97 Å². The number of thiazole rings is 1. The van der Waals surface area contributed by atoms with Crippen LogP contribution in [0.4, 0.5) is 5.13 Å². The standard InChI is InChI=1S/C62H56N6O11S2/c1-72-47-26-20-40(21-27-47)35-76-52-32-46(63-34-53(52)77-36-41-22-28-48(73-2)29-23-41)38-78-54-33-51(60(71)79-37-42-24-30-49(74-3)31-25-42)68-58(70)56(59(68)81-54)65-57(69)55(67-75-4)50-39-80-61(64-50)66-62(43-14-8-5-9-15-43,44-16-10-6-11-17-44)45-18-12-7-13-19-45/h5-34,39,54,56,59H,35-38H2,1-4H3,(H,64,66)(H,65,69)/b67-55+/t54?,56-,59-/m1/s1. The fourth-order valence-corrected chi connectivity index (χ4v) is 11.2. The lowest BCUT2D eigenvalue weighted by Crippen LogP contribution is -2.71. The van der Waals surface area contributed by atoms with Crippen molar-refractivity contribution in [3.63, 3.8) is 0 Å². The summed E-state index contributed by atoms with van der Waals surface area (Å²) in [7, 11) is 6.10. The van der Waals surface area contributed by atoms with E-state index >= 15 is 0 Å². The summed E-state index contributed by atoms with van der Waals surface area (Å²) >= 11 is 2.50. The zero-order chi connectivity index (χ0) is 56.1. The van der Waals surface area contributed by atoms with Gasteiger partial charge in [-0.05, 0) is 75.9 Å². The second-order valence-corrected chi connectivity index (χ2v) is 20.4. The quantitative estimate of drug-likeness (QED) is 0.0191. The maximum Gasteiger partial charge on any atom is 0.355 e. The Balaban J connectivity index is 0.887. The summed E-state index contributed by atoms with van der Waals surface area (Å²) < 4.78 is 40.8. The molecule has 1 fully saturated rings. The van der Waals surface area contributed by atoms with Gasteiger partial charge in [0.05, 0.1) is 39.8 Å². The Hall–Kier alpha value is -9.17. The van der Waals surface area contributed by atoms with Gasteiger partial charge in [-0.1, -0.05) is 144 Å². The summed E-state index contributed by atoms with van der Waals surface area (Å²) in [5, 5.41) is 12.1. The Morgan fingerprint density at radius 1 is 0.654 bits per heavy atom. The van der Waals surface area contributed by atoms with Gasteiger partial charge in [0.2, 0.25) is 0 Å². The van der Waals surface area contributed by atoms with Gasteiger partial charge in [0.1, 0.15) is 78.0 Å². The predicted octanol–water partition coefficient (Wildman–Crippen LogP) is 10.0. The summed E-state index contributed by atoms with van der Waals surface area (Å²) in [5.41, 5.74) is 4.09. The number of nitrogens with one attached hydrogen (secondary N) is 2. The largest absolute Gasteiger partial charge is 0.497 e. The van der Waals surface area contributed by atoms with Crippen molar-refractivity contribution in [2.75, 3.05) is 33.8 Å². The SMILES string of the molecule is CO/N=C(/C(=O)N[C@@H]1C(=O)N2C(C(=O)OCc3ccc(OC)cc3)=CC(OCc3cc(OCc4ccc(OC)cc4)c(OCc4ccc(OC)cc4)cn3)S[C@H]12)c1csc(NC(c2ccccc2)(c2ccccc2)c2ccccc2)n1. The van der Waals surface area contributed by atoms with Crippen molar-refractivity contribution >= 4 is 51.7 Å². The van der Waals surface area contributed by atoms with E-state index in [9.17, 15) is 14.4 Å². The van der Waals surface area contributed by atoms with Gasteiger partial charge in [-0.2, -0.15) is 0 Å². The van der Waals surface area contributed by atoms with Crippen molar-refractivity contribution in [3.05, 3.63) is 238 Å². The number of hydrogen-bond donors (Lipinski definition) is 2. The van der Waals surface area contributed by atoms with Crippen LogP contribution in [0.3, 0.4) is 0 Å². The molecule has 0 spiro atoms. The highest BCUT2D eigenvalue weighted by molar-refractivity contribution is 8.00. The fraction of sp³-hybridized carbons (Fsp3) is 0.194. The maximum atomic E-state index is 14.5. The third-order valence-corrected chi connectivity index (χ3v) is 15.4. The number of oxime groups is 1. The number of carbonyl (C=O) groups excluding carboxylic acids is 3. The van der Waals surface area contributed by atoms with E-state index in [0.29, 0.717) is 39.4 Å². The van der Waals surface area contributed by atoms with Crippen molar-refractivity contribution in [2.24, 2.45) is 5.16 Å². The Morgan fingerprint density at radius 2 is 1.17 bits per heavy atom. The molecule has 0 radical (unpaired) electrons. The Morgan fingerprint density at radius 3 is 1.69 bits per heavy atom. The van der Waals surface area contributed by atoms with Crippen molar-refractivity contribution in [1.82, 2.24) is 20.2 Å². The second kappa shape index (κ2) is 25.7. The minimum absolute atomic E-state index is 0.0498. The van der Waals surface area contributed by atoms with Gasteiger partial charge in [-0.3, -0.25) is 19.5 Å². The number of β-lactam (4-membered cyclic amide) rings is 1. The molecule has 0 aliphatic carbocycles. The van der Waals surface area contributed by atoms with Crippen LogP contribution in [-0.2, 0) is 60.7 Å². The summed E-state index contributed by atoms with van der Waals surface area (Å²) in [6.45, 7) is 0.300. The number of methoxy groups -OCH3 is 3. The molecule has 17 nitrogen and oxygen atoms in total. The number of hydrogen-bond acceptors (Lipinski definition) is 17. The first-order valence-electron chi connectivity index (χ1n) is 25.6. The minimum Gasteiger partial charge on any atom is -0.497 e. The summed E-state index contributed by atoms with van der Waals surface area (Å²) in [5.74, 6) is 0.855. The molecule has 2 N–H and O–H groups in total. The summed E-state index contributed by atoms with van der Waals surface area (Å²) in [4.78, 5) is 58.9. The molecular weight excluding hydrogens is 1070 g/mol. The fourth-order valence-electron chi connectivity index (χ4n) is 9.16. The highest BCUT2D eigenvalue weighted by Crippen LogP contribution is 2.43. The lowest BCUT2D eigenvalue weighted by atomic mass is 9.77. The minimum atomic E-state index is -1.13.